The van der Waals surface area contributed by atoms with Gasteiger partial charge in [-0.1, -0.05) is 20.3 Å². The SMILES string of the molecule is CCC(C)C(NC(=O)C(Cc1cnc[nH]1)NC(=O)C(CCCCN)NC(=O)C(N)CCC(N)=O)C(=O)O. The number of primary amides is 1. The number of carboxylic acid groups (broad SMARTS) is 1. The summed E-state index contributed by atoms with van der Waals surface area (Å²) in [6, 6.07) is -4.41. The zero-order valence-electron chi connectivity index (χ0n) is 21.4. The molecule has 0 aliphatic rings. The lowest BCUT2D eigenvalue weighted by molar-refractivity contribution is -0.143. The van der Waals surface area contributed by atoms with Gasteiger partial charge in [0.25, 0.3) is 0 Å². The molecule has 1 aromatic heterocycles. The molecule has 0 aliphatic carbocycles. The first-order valence-corrected chi connectivity index (χ1v) is 12.3. The highest BCUT2D eigenvalue weighted by molar-refractivity contribution is 5.94. The normalized spacial score (nSPS) is 15.0. The Bertz CT molecular complexity index is 894. The molecule has 1 heterocycles. The van der Waals surface area contributed by atoms with Crippen LogP contribution in [-0.4, -0.2) is 75.4 Å². The molecule has 0 saturated heterocycles. The Hall–Kier alpha value is -3.52. The fourth-order valence-electron chi connectivity index (χ4n) is 3.50. The van der Waals surface area contributed by atoms with Crippen molar-refractivity contribution in [2.75, 3.05) is 6.54 Å². The van der Waals surface area contributed by atoms with Crippen LogP contribution in [0.4, 0.5) is 0 Å². The number of hydrogen-bond acceptors (Lipinski definition) is 8. The number of nitrogens with two attached hydrogens (primary N) is 3. The summed E-state index contributed by atoms with van der Waals surface area (Å²) in [6.07, 6.45) is 4.66. The molecule has 5 unspecified atom stereocenters. The highest BCUT2D eigenvalue weighted by Gasteiger charge is 2.32. The van der Waals surface area contributed by atoms with Gasteiger partial charge in [-0.2, -0.15) is 0 Å². The monoisotopic (exact) mass is 524 g/mol. The van der Waals surface area contributed by atoms with Gasteiger partial charge >= 0.3 is 5.97 Å². The van der Waals surface area contributed by atoms with Crippen LogP contribution in [0.2, 0.25) is 0 Å². The van der Waals surface area contributed by atoms with Crippen molar-refractivity contribution in [1.82, 2.24) is 25.9 Å². The first kappa shape index (κ1) is 31.5. The number of imidazole rings is 1. The summed E-state index contributed by atoms with van der Waals surface area (Å²) < 4.78 is 0. The molecule has 4 amide bonds. The summed E-state index contributed by atoms with van der Waals surface area (Å²) in [5, 5.41) is 17.3. The maximum atomic E-state index is 13.2. The third kappa shape index (κ3) is 11.4. The van der Waals surface area contributed by atoms with Crippen LogP contribution in [0.5, 0.6) is 0 Å². The van der Waals surface area contributed by atoms with E-state index in [1.165, 1.54) is 12.5 Å². The van der Waals surface area contributed by atoms with Gasteiger partial charge in [0.05, 0.1) is 12.4 Å². The van der Waals surface area contributed by atoms with Crippen molar-refractivity contribution in [2.24, 2.45) is 23.1 Å². The van der Waals surface area contributed by atoms with Gasteiger partial charge in [0.15, 0.2) is 0 Å². The average Bonchev–Trinajstić information content (AvgIpc) is 3.36. The number of hydrogen-bond donors (Lipinski definition) is 8. The molecule has 14 nitrogen and oxygen atoms in total. The quantitative estimate of drug-likeness (QED) is 0.101. The summed E-state index contributed by atoms with van der Waals surface area (Å²) in [4.78, 5) is 68.4. The Morgan fingerprint density at radius 3 is 2.22 bits per heavy atom. The predicted octanol–water partition coefficient (Wildman–Crippen LogP) is -1.74. The Labute approximate surface area is 215 Å². The Morgan fingerprint density at radius 1 is 1.03 bits per heavy atom. The fourth-order valence-corrected chi connectivity index (χ4v) is 3.50. The maximum absolute atomic E-state index is 13.2. The largest absolute Gasteiger partial charge is 0.480 e. The second-order valence-corrected chi connectivity index (χ2v) is 9.01. The van der Waals surface area contributed by atoms with Crippen molar-refractivity contribution >= 4 is 29.6 Å². The minimum absolute atomic E-state index is 0.00596. The Balaban J connectivity index is 3.06. The van der Waals surface area contributed by atoms with Crippen LogP contribution < -0.4 is 33.2 Å². The molecule has 0 radical (unpaired) electrons. The van der Waals surface area contributed by atoms with Crippen LogP contribution in [0.1, 0.15) is 58.1 Å². The van der Waals surface area contributed by atoms with Gasteiger partial charge in [0.1, 0.15) is 18.1 Å². The highest BCUT2D eigenvalue weighted by atomic mass is 16.4. The molecule has 11 N–H and O–H groups in total. The predicted molar refractivity (Wildman–Crippen MR) is 134 cm³/mol. The molecule has 0 aromatic carbocycles. The molecule has 208 valence electrons. The van der Waals surface area contributed by atoms with Crippen LogP contribution in [0.25, 0.3) is 0 Å². The first-order valence-electron chi connectivity index (χ1n) is 12.3. The van der Waals surface area contributed by atoms with E-state index in [0.29, 0.717) is 31.5 Å². The molecule has 37 heavy (non-hydrogen) atoms. The zero-order valence-corrected chi connectivity index (χ0v) is 21.4. The molecular weight excluding hydrogens is 484 g/mol. The van der Waals surface area contributed by atoms with E-state index in [2.05, 4.69) is 25.9 Å². The lowest BCUT2D eigenvalue weighted by Gasteiger charge is -2.26. The summed E-state index contributed by atoms with van der Waals surface area (Å²) in [6.45, 7) is 3.89. The number of aliphatic carboxylic acids is 1. The third-order valence-corrected chi connectivity index (χ3v) is 6.01. The third-order valence-electron chi connectivity index (χ3n) is 6.01. The van der Waals surface area contributed by atoms with Crippen LogP contribution in [-0.2, 0) is 30.4 Å². The number of carbonyl (C=O) groups excluding carboxylic acids is 4. The number of unbranched alkanes of at least 4 members (excludes halogenated alkanes) is 1. The van der Waals surface area contributed by atoms with E-state index in [-0.39, 0.29) is 31.6 Å². The average molecular weight is 525 g/mol. The van der Waals surface area contributed by atoms with Gasteiger partial charge in [0.2, 0.25) is 23.6 Å². The van der Waals surface area contributed by atoms with Crippen molar-refractivity contribution < 1.29 is 29.1 Å². The first-order chi connectivity index (χ1) is 17.5. The standard InChI is InChI=1S/C23H40N8O6/c1-3-13(2)19(23(36)37)31-22(35)17(10-14-11-27-12-28-14)30-21(34)16(6-4-5-9-24)29-20(33)15(25)7-8-18(26)32/h11-13,15-17,19H,3-10,24-25H2,1-2H3,(H2,26,32)(H,27,28)(H,29,33)(H,30,34)(H,31,35)(H,36,37). The second kappa shape index (κ2) is 16.3. The van der Waals surface area contributed by atoms with Gasteiger partial charge in [-0.3, -0.25) is 19.2 Å². The number of carbonyl (C=O) groups is 5. The minimum Gasteiger partial charge on any atom is -0.480 e. The summed E-state index contributed by atoms with van der Waals surface area (Å²) in [7, 11) is 0. The van der Waals surface area contributed by atoms with Crippen molar-refractivity contribution in [2.45, 2.75) is 83.0 Å². The minimum atomic E-state index is -1.19. The molecule has 0 spiro atoms. The van der Waals surface area contributed by atoms with E-state index < -0.39 is 53.8 Å². The van der Waals surface area contributed by atoms with E-state index in [4.69, 9.17) is 17.2 Å². The number of carboxylic acids is 1. The van der Waals surface area contributed by atoms with Crippen molar-refractivity contribution in [3.05, 3.63) is 18.2 Å². The molecule has 5 atom stereocenters. The van der Waals surface area contributed by atoms with Gasteiger partial charge < -0.3 is 43.2 Å². The number of H-pyrrole nitrogens is 1. The van der Waals surface area contributed by atoms with Crippen LogP contribution >= 0.6 is 0 Å². The lowest BCUT2D eigenvalue weighted by atomic mass is 9.98. The number of amides is 4. The summed E-state index contributed by atoms with van der Waals surface area (Å²) in [5.41, 5.74) is 17.0. The van der Waals surface area contributed by atoms with Crippen LogP contribution in [0, 0.1) is 5.92 Å². The van der Waals surface area contributed by atoms with Gasteiger partial charge in [-0.15, -0.1) is 0 Å². The Kier molecular flexibility index (Phi) is 13.9. The smallest absolute Gasteiger partial charge is 0.326 e. The summed E-state index contributed by atoms with van der Waals surface area (Å²) in [5.74, 6) is -4.14. The molecule has 0 fully saturated rings. The molecule has 14 heteroatoms. The maximum Gasteiger partial charge on any atom is 0.326 e. The van der Waals surface area contributed by atoms with E-state index in [1.54, 1.807) is 13.8 Å². The molecule has 1 aromatic rings. The van der Waals surface area contributed by atoms with Crippen molar-refractivity contribution in [1.29, 1.82) is 0 Å². The van der Waals surface area contributed by atoms with Gasteiger partial charge in [0, 0.05) is 24.7 Å². The van der Waals surface area contributed by atoms with Crippen LogP contribution in [0.15, 0.2) is 12.5 Å². The number of aromatic amines is 1. The molecule has 0 bridgehead atoms. The van der Waals surface area contributed by atoms with Gasteiger partial charge in [-0.25, -0.2) is 9.78 Å². The zero-order chi connectivity index (χ0) is 28.0. The molecule has 0 saturated carbocycles. The number of rotatable bonds is 18. The Morgan fingerprint density at radius 2 is 1.68 bits per heavy atom. The van der Waals surface area contributed by atoms with Gasteiger partial charge in [-0.05, 0) is 38.1 Å². The van der Waals surface area contributed by atoms with Crippen molar-refractivity contribution in [3.63, 3.8) is 0 Å². The molecular formula is C23H40N8O6. The molecule has 1 rings (SSSR count). The van der Waals surface area contributed by atoms with E-state index in [0.717, 1.165) is 0 Å². The number of nitrogens with one attached hydrogen (secondary N) is 4. The van der Waals surface area contributed by atoms with E-state index in [9.17, 15) is 29.1 Å². The van der Waals surface area contributed by atoms with E-state index >= 15 is 0 Å². The topological polar surface area (TPSA) is 248 Å². The van der Waals surface area contributed by atoms with Crippen molar-refractivity contribution in [3.8, 4) is 0 Å². The van der Waals surface area contributed by atoms with Crippen LogP contribution in [0.3, 0.4) is 0 Å². The number of aromatic nitrogens is 2. The summed E-state index contributed by atoms with van der Waals surface area (Å²) >= 11 is 0. The fraction of sp³-hybridized carbons (Fsp3) is 0.652. The highest BCUT2D eigenvalue weighted by Crippen LogP contribution is 2.10. The second-order valence-electron chi connectivity index (χ2n) is 9.01. The van der Waals surface area contributed by atoms with E-state index in [1.807, 2.05) is 0 Å². The molecule has 0 aliphatic heterocycles. The lowest BCUT2D eigenvalue weighted by Crippen LogP contribution is -2.58. The number of nitrogens with zero attached hydrogens (tertiary/aromatic N) is 1.